The van der Waals surface area contributed by atoms with Gasteiger partial charge in [-0.2, -0.15) is 16.8 Å². The van der Waals surface area contributed by atoms with Crippen molar-refractivity contribution in [3.63, 3.8) is 0 Å². The molecule has 5 rings (SSSR count). The number of halogens is 1. The van der Waals surface area contributed by atoms with E-state index in [-0.39, 0.29) is 53.3 Å². The van der Waals surface area contributed by atoms with Crippen LogP contribution in [-0.4, -0.2) is 89.8 Å². The second kappa shape index (κ2) is 18.9. The van der Waals surface area contributed by atoms with E-state index in [0.717, 1.165) is 0 Å². The van der Waals surface area contributed by atoms with Gasteiger partial charge < -0.3 is 20.2 Å². The number of urea groups is 1. The topological polar surface area (TPSA) is 294 Å². The lowest BCUT2D eigenvalue weighted by Gasteiger charge is -2.34. The van der Waals surface area contributed by atoms with Gasteiger partial charge in [0.25, 0.3) is 32.1 Å². The first-order chi connectivity index (χ1) is 29.3. The van der Waals surface area contributed by atoms with Crippen LogP contribution in [0.3, 0.4) is 0 Å². The van der Waals surface area contributed by atoms with E-state index in [1.807, 2.05) is 27.5 Å². The van der Waals surface area contributed by atoms with Gasteiger partial charge in [0.05, 0.1) is 9.79 Å². The zero-order valence-corrected chi connectivity index (χ0v) is 38.5. The van der Waals surface area contributed by atoms with Gasteiger partial charge in [0, 0.05) is 74.1 Å². The smallest absolute Gasteiger partial charge is 0.328 e. The summed E-state index contributed by atoms with van der Waals surface area (Å²) in [5.41, 5.74) is -0.893. The number of unbranched alkanes of at least 4 members (excludes halogenated alkanes) is 4. The van der Waals surface area contributed by atoms with E-state index in [1.54, 1.807) is 27.7 Å². The minimum atomic E-state index is -4.66. The number of carboxylic acids is 2. The average molecular weight is 1020 g/mol. The molecular formula is C42H47IN4O14S2. The summed E-state index contributed by atoms with van der Waals surface area (Å²) in [5.74, 6) is -4.49. The largest absolute Gasteiger partial charge is 0.507 e. The Morgan fingerprint density at radius 3 is 1.95 bits per heavy atom. The number of amides is 4. The standard InChI is InChI=1S/C42H47IN4O14S2/c1-41(2,27-19-23(62(56,57)58)13-15-29(27)43)31(44-17-9-5-7-11-33(48)49)21-25-35(36-38(53)45-40(55)46-39(36)54)26(37(25)52)22-32-42(3,4)28-20-24(63(59,60)61)14-16-30(28)47(32)18-10-6-8-12-34(50)51/h13-16,19-22,52H,5-12,17-18H2,1-4H3,(H,48,49)(H,50,51)(H,56,57,58)(H,59,60,61)(H2,45,46,53,54,55)/b25-21-,32-22+,44-31-. The van der Waals surface area contributed by atoms with Crippen LogP contribution in [0, 0.1) is 3.57 Å². The van der Waals surface area contributed by atoms with Gasteiger partial charge >= 0.3 is 18.0 Å². The van der Waals surface area contributed by atoms with Crippen LogP contribution < -0.4 is 15.5 Å². The number of fused-ring (bicyclic) bond motifs is 1. The van der Waals surface area contributed by atoms with Crippen LogP contribution >= 0.6 is 22.6 Å². The fraction of sp³-hybridized carbons (Fsp3) is 0.381. The molecule has 0 spiro atoms. The molecule has 0 atom stereocenters. The average Bonchev–Trinajstić information content (AvgIpc) is 3.37. The fourth-order valence-electron chi connectivity index (χ4n) is 7.69. The number of hydrogen-bond donors (Lipinski definition) is 7. The first-order valence-corrected chi connectivity index (χ1v) is 23.7. The molecule has 0 radical (unpaired) electrons. The molecule has 4 amide bonds. The van der Waals surface area contributed by atoms with Crippen molar-refractivity contribution in [2.24, 2.45) is 4.99 Å². The first-order valence-electron chi connectivity index (χ1n) is 19.7. The van der Waals surface area contributed by atoms with Crippen LogP contribution in [0.2, 0.25) is 0 Å². The molecule has 1 aliphatic carbocycles. The van der Waals surface area contributed by atoms with Gasteiger partial charge in [0.2, 0.25) is 0 Å². The summed E-state index contributed by atoms with van der Waals surface area (Å²) in [7, 11) is -9.29. The van der Waals surface area contributed by atoms with E-state index >= 15 is 0 Å². The van der Waals surface area contributed by atoms with Crippen LogP contribution in [-0.2, 0) is 50.2 Å². The quantitative estimate of drug-likeness (QED) is 0.0229. The molecule has 0 bridgehead atoms. The zero-order valence-electron chi connectivity index (χ0n) is 34.7. The Morgan fingerprint density at radius 1 is 0.825 bits per heavy atom. The molecule has 338 valence electrons. The van der Waals surface area contributed by atoms with E-state index in [9.17, 15) is 55.0 Å². The predicted octanol–water partition coefficient (Wildman–Crippen LogP) is 5.89. The number of carbonyl (C=O) groups excluding carboxylic acids is 3. The molecule has 2 aliphatic heterocycles. The third-order valence-corrected chi connectivity index (χ3v) is 13.7. The van der Waals surface area contributed by atoms with Crippen molar-refractivity contribution in [2.45, 2.75) is 99.7 Å². The molecule has 7 N–H and O–H groups in total. The van der Waals surface area contributed by atoms with Gasteiger partial charge in [-0.1, -0.05) is 40.5 Å². The number of anilines is 1. The molecular weight excluding hydrogens is 976 g/mol. The molecule has 2 aromatic carbocycles. The molecule has 0 aromatic heterocycles. The van der Waals surface area contributed by atoms with Crippen molar-refractivity contribution in [3.05, 3.63) is 97.0 Å². The minimum absolute atomic E-state index is 0.0218. The summed E-state index contributed by atoms with van der Waals surface area (Å²) < 4.78 is 69.4. The first kappa shape index (κ1) is 48.8. The lowest BCUT2D eigenvalue weighted by molar-refractivity contribution is -0.138. The molecule has 2 aromatic rings. The Labute approximate surface area is 377 Å². The van der Waals surface area contributed by atoms with Crippen LogP contribution in [0.4, 0.5) is 10.5 Å². The normalized spacial score (nSPS) is 18.2. The van der Waals surface area contributed by atoms with Gasteiger partial charge in [-0.25, -0.2) is 4.79 Å². The number of aliphatic hydroxyl groups is 1. The number of aliphatic carboxylic acids is 2. The summed E-state index contributed by atoms with van der Waals surface area (Å²) in [6.45, 7) is 7.36. The molecule has 21 heteroatoms. The second-order valence-corrected chi connectivity index (χ2v) is 20.2. The summed E-state index contributed by atoms with van der Waals surface area (Å²) >= 11 is 1.99. The second-order valence-electron chi connectivity index (χ2n) is 16.2. The highest BCUT2D eigenvalue weighted by Gasteiger charge is 2.45. The summed E-state index contributed by atoms with van der Waals surface area (Å²) in [4.78, 5) is 67.5. The monoisotopic (exact) mass is 1020 g/mol. The van der Waals surface area contributed by atoms with Crippen molar-refractivity contribution in [2.75, 3.05) is 18.0 Å². The van der Waals surface area contributed by atoms with E-state index in [1.165, 1.54) is 48.6 Å². The highest BCUT2D eigenvalue weighted by Crippen LogP contribution is 2.52. The van der Waals surface area contributed by atoms with Gasteiger partial charge in [-0.15, -0.1) is 0 Å². The number of aliphatic hydroxyl groups excluding tert-OH is 1. The van der Waals surface area contributed by atoms with Crippen molar-refractivity contribution >= 4 is 84.0 Å². The Morgan fingerprint density at radius 2 is 1.38 bits per heavy atom. The number of hydrogen-bond acceptors (Lipinski definition) is 12. The fourth-order valence-corrected chi connectivity index (χ4v) is 9.71. The molecule has 1 saturated heterocycles. The SMILES string of the molecule is CC(C)(C(/C=C1C(O)=C(/C=C2/N(CCCCCC(=O)O)c3ccc(S(=O)(=O)O)cc3C2(C)C)C\1=C1C(=O)NC(=O)NC1=O)=N\CCCCCC(=O)O)c1cc(S(=O)(=O)O)ccc1I. The maximum absolute atomic E-state index is 13.5. The number of carboxylic acid groups (broad SMARTS) is 2. The number of rotatable bonds is 18. The van der Waals surface area contributed by atoms with Gasteiger partial charge in [0.15, 0.2) is 0 Å². The highest BCUT2D eigenvalue weighted by atomic mass is 127. The van der Waals surface area contributed by atoms with E-state index in [2.05, 4.69) is 10.6 Å². The van der Waals surface area contributed by atoms with Crippen LogP contribution in [0.15, 0.2) is 97.1 Å². The summed E-state index contributed by atoms with van der Waals surface area (Å²) in [5, 5.41) is 34.4. The van der Waals surface area contributed by atoms with Gasteiger partial charge in [0.1, 0.15) is 11.3 Å². The molecule has 0 saturated carbocycles. The minimum Gasteiger partial charge on any atom is -0.507 e. The molecule has 2 heterocycles. The van der Waals surface area contributed by atoms with Crippen LogP contribution in [0.5, 0.6) is 0 Å². The number of imide groups is 2. The number of nitrogens with one attached hydrogen (secondary N) is 2. The molecule has 1 fully saturated rings. The third kappa shape index (κ3) is 10.8. The predicted molar refractivity (Wildman–Crippen MR) is 238 cm³/mol. The molecule has 3 aliphatic rings. The Balaban J connectivity index is 1.74. The molecule has 18 nitrogen and oxygen atoms in total. The number of barbiturate groups is 1. The van der Waals surface area contributed by atoms with E-state index < -0.39 is 77.1 Å². The van der Waals surface area contributed by atoms with Crippen molar-refractivity contribution < 1.29 is 65.2 Å². The summed E-state index contributed by atoms with van der Waals surface area (Å²) in [6, 6.07) is 6.97. The molecule has 0 unspecified atom stereocenters. The Bertz CT molecular complexity index is 2660. The maximum atomic E-state index is 13.5. The Hall–Kier alpha value is -5.23. The van der Waals surface area contributed by atoms with Crippen LogP contribution in [0.1, 0.15) is 90.2 Å². The van der Waals surface area contributed by atoms with Crippen molar-refractivity contribution in [3.8, 4) is 0 Å². The summed E-state index contributed by atoms with van der Waals surface area (Å²) in [6.07, 6.45) is 5.48. The number of benzene rings is 2. The third-order valence-electron chi connectivity index (χ3n) is 11.1. The number of aliphatic imine (C=N–C) groups is 1. The molecule has 63 heavy (non-hydrogen) atoms. The Kier molecular flexibility index (Phi) is 14.6. The lowest BCUT2D eigenvalue weighted by atomic mass is 9.73. The number of allylic oxidation sites excluding steroid dienone is 5. The van der Waals surface area contributed by atoms with Gasteiger partial charge in [-0.05, 0) is 108 Å². The zero-order chi connectivity index (χ0) is 46.8. The maximum Gasteiger partial charge on any atom is 0.328 e. The van der Waals surface area contributed by atoms with E-state index in [4.69, 9.17) is 15.2 Å². The lowest BCUT2D eigenvalue weighted by Crippen LogP contribution is -2.52. The van der Waals surface area contributed by atoms with Crippen molar-refractivity contribution in [1.29, 1.82) is 0 Å². The number of nitrogens with zero attached hydrogens (tertiary/aromatic N) is 2. The van der Waals surface area contributed by atoms with Crippen LogP contribution in [0.25, 0.3) is 0 Å². The van der Waals surface area contributed by atoms with E-state index in [0.29, 0.717) is 64.6 Å². The highest BCUT2D eigenvalue weighted by molar-refractivity contribution is 14.1. The number of carbonyl (C=O) groups is 5. The van der Waals surface area contributed by atoms with Gasteiger partial charge in [-0.3, -0.25) is 43.9 Å². The van der Waals surface area contributed by atoms with Crippen molar-refractivity contribution in [1.82, 2.24) is 10.6 Å².